The molecule has 2 nitrogen and oxygen atoms in total. The molecule has 1 fully saturated rings. The monoisotopic (exact) mass is 233 g/mol. The van der Waals surface area contributed by atoms with Gasteiger partial charge in [0.2, 0.25) is 0 Å². The zero-order chi connectivity index (χ0) is 12.4. The number of ether oxygens (including phenoxy) is 1. The van der Waals surface area contributed by atoms with E-state index in [0.29, 0.717) is 6.04 Å². The van der Waals surface area contributed by atoms with E-state index < -0.39 is 0 Å². The molecule has 1 aliphatic carbocycles. The number of benzene rings is 1. The van der Waals surface area contributed by atoms with E-state index in [-0.39, 0.29) is 6.10 Å². The molecular weight excluding hydrogens is 210 g/mol. The Hall–Kier alpha value is -1.18. The summed E-state index contributed by atoms with van der Waals surface area (Å²) in [6, 6.07) is 6.97. The van der Waals surface area contributed by atoms with Crippen molar-refractivity contribution in [2.45, 2.75) is 52.7 Å². The predicted octanol–water partition coefficient (Wildman–Crippen LogP) is 3.99. The molecule has 0 heterocycles. The van der Waals surface area contributed by atoms with Gasteiger partial charge in [-0.2, -0.15) is 0 Å². The molecule has 2 heteroatoms. The van der Waals surface area contributed by atoms with Crippen LogP contribution in [0.25, 0.3) is 0 Å². The van der Waals surface area contributed by atoms with Gasteiger partial charge in [-0.1, -0.05) is 6.92 Å². The summed E-state index contributed by atoms with van der Waals surface area (Å²) in [4.78, 5) is 0. The summed E-state index contributed by atoms with van der Waals surface area (Å²) in [5, 5.41) is 3.60. The van der Waals surface area contributed by atoms with Crippen LogP contribution in [0.5, 0.6) is 5.75 Å². The van der Waals surface area contributed by atoms with E-state index in [0.717, 1.165) is 11.7 Å². The highest BCUT2D eigenvalue weighted by Crippen LogP contribution is 2.31. The Bertz CT molecular complexity index is 381. The normalized spacial score (nSPS) is 23.4. The van der Waals surface area contributed by atoms with E-state index in [9.17, 15) is 0 Å². The van der Waals surface area contributed by atoms with Gasteiger partial charge in [-0.3, -0.25) is 0 Å². The van der Waals surface area contributed by atoms with Crippen LogP contribution >= 0.6 is 0 Å². The molecule has 0 amide bonds. The van der Waals surface area contributed by atoms with Crippen LogP contribution in [0.15, 0.2) is 18.2 Å². The zero-order valence-corrected chi connectivity index (χ0v) is 11.3. The summed E-state index contributed by atoms with van der Waals surface area (Å²) < 4.78 is 5.68. The molecule has 0 saturated heterocycles. The molecule has 0 aliphatic heterocycles. The van der Waals surface area contributed by atoms with Gasteiger partial charge in [-0.05, 0) is 63.3 Å². The van der Waals surface area contributed by atoms with Crippen LogP contribution in [-0.4, -0.2) is 12.1 Å². The zero-order valence-electron chi connectivity index (χ0n) is 11.3. The Kier molecular flexibility index (Phi) is 3.60. The molecule has 1 aromatic rings. The van der Waals surface area contributed by atoms with E-state index >= 15 is 0 Å². The number of aryl methyl sites for hydroxylation is 1. The van der Waals surface area contributed by atoms with E-state index in [1.807, 2.05) is 0 Å². The standard InChI is InChI=1S/C15H23NO/c1-10(2)17-14-5-6-15(12(4)9-14)16-13-7-11(3)8-13/h5-6,9-11,13,16H,7-8H2,1-4H3. The highest BCUT2D eigenvalue weighted by atomic mass is 16.5. The number of nitrogens with one attached hydrogen (secondary N) is 1. The lowest BCUT2D eigenvalue weighted by Crippen LogP contribution is -2.33. The van der Waals surface area contributed by atoms with Crippen molar-refractivity contribution in [1.29, 1.82) is 0 Å². The SMILES string of the molecule is Cc1cc(OC(C)C)ccc1NC1CC(C)C1. The fourth-order valence-corrected chi connectivity index (χ4v) is 2.38. The Morgan fingerprint density at radius 3 is 2.53 bits per heavy atom. The van der Waals surface area contributed by atoms with Gasteiger partial charge >= 0.3 is 0 Å². The van der Waals surface area contributed by atoms with Gasteiger partial charge in [-0.25, -0.2) is 0 Å². The molecule has 1 aliphatic rings. The molecule has 1 aromatic carbocycles. The van der Waals surface area contributed by atoms with Crippen molar-refractivity contribution in [2.24, 2.45) is 5.92 Å². The van der Waals surface area contributed by atoms with Crippen molar-refractivity contribution >= 4 is 5.69 Å². The first kappa shape index (κ1) is 12.3. The molecule has 1 N–H and O–H groups in total. The molecule has 0 bridgehead atoms. The van der Waals surface area contributed by atoms with Crippen LogP contribution < -0.4 is 10.1 Å². The maximum absolute atomic E-state index is 5.68. The first-order chi connectivity index (χ1) is 8.04. The molecular formula is C15H23NO. The second-order valence-corrected chi connectivity index (χ2v) is 5.56. The molecule has 0 radical (unpaired) electrons. The first-order valence-corrected chi connectivity index (χ1v) is 6.58. The quantitative estimate of drug-likeness (QED) is 0.849. The fourth-order valence-electron chi connectivity index (χ4n) is 2.38. The lowest BCUT2D eigenvalue weighted by molar-refractivity contribution is 0.242. The smallest absolute Gasteiger partial charge is 0.120 e. The second-order valence-electron chi connectivity index (χ2n) is 5.56. The lowest BCUT2D eigenvalue weighted by atomic mass is 9.81. The van der Waals surface area contributed by atoms with Crippen LogP contribution in [0.3, 0.4) is 0 Å². The van der Waals surface area contributed by atoms with Gasteiger partial charge < -0.3 is 10.1 Å². The maximum Gasteiger partial charge on any atom is 0.120 e. The van der Waals surface area contributed by atoms with E-state index in [2.05, 4.69) is 51.2 Å². The summed E-state index contributed by atoms with van der Waals surface area (Å²) in [6.45, 7) is 8.55. The third-order valence-corrected chi connectivity index (χ3v) is 3.30. The van der Waals surface area contributed by atoms with Gasteiger partial charge in [0, 0.05) is 11.7 Å². The van der Waals surface area contributed by atoms with Crippen molar-refractivity contribution in [3.8, 4) is 5.75 Å². The van der Waals surface area contributed by atoms with Gasteiger partial charge in [0.15, 0.2) is 0 Å². The van der Waals surface area contributed by atoms with Crippen LogP contribution in [0.1, 0.15) is 39.2 Å². The molecule has 2 rings (SSSR count). The van der Waals surface area contributed by atoms with Crippen molar-refractivity contribution in [3.05, 3.63) is 23.8 Å². The first-order valence-electron chi connectivity index (χ1n) is 6.58. The minimum atomic E-state index is 0.237. The van der Waals surface area contributed by atoms with E-state index in [4.69, 9.17) is 4.74 Å². The fraction of sp³-hybridized carbons (Fsp3) is 0.600. The van der Waals surface area contributed by atoms with Crippen molar-refractivity contribution < 1.29 is 4.74 Å². The number of rotatable bonds is 4. The predicted molar refractivity (Wildman–Crippen MR) is 72.8 cm³/mol. The minimum absolute atomic E-state index is 0.237. The number of anilines is 1. The number of hydrogen-bond donors (Lipinski definition) is 1. The molecule has 17 heavy (non-hydrogen) atoms. The topological polar surface area (TPSA) is 21.3 Å². The third kappa shape index (κ3) is 3.15. The van der Waals surface area contributed by atoms with Gasteiger partial charge in [0.1, 0.15) is 5.75 Å². The average molecular weight is 233 g/mol. The van der Waals surface area contributed by atoms with Crippen molar-refractivity contribution in [1.82, 2.24) is 0 Å². The van der Waals surface area contributed by atoms with Crippen LogP contribution in [0, 0.1) is 12.8 Å². The molecule has 0 spiro atoms. The summed E-state index contributed by atoms with van der Waals surface area (Å²) in [5.74, 6) is 1.85. The Morgan fingerprint density at radius 2 is 2.00 bits per heavy atom. The Morgan fingerprint density at radius 1 is 1.29 bits per heavy atom. The Labute approximate surface area is 104 Å². The van der Waals surface area contributed by atoms with Crippen molar-refractivity contribution in [3.63, 3.8) is 0 Å². The highest BCUT2D eigenvalue weighted by molar-refractivity contribution is 5.54. The van der Waals surface area contributed by atoms with Crippen LogP contribution in [0.4, 0.5) is 5.69 Å². The molecule has 94 valence electrons. The molecule has 0 aromatic heterocycles. The molecule has 1 saturated carbocycles. The van der Waals surface area contributed by atoms with Crippen LogP contribution in [0.2, 0.25) is 0 Å². The second kappa shape index (κ2) is 4.99. The third-order valence-electron chi connectivity index (χ3n) is 3.30. The lowest BCUT2D eigenvalue weighted by Gasteiger charge is -2.34. The van der Waals surface area contributed by atoms with E-state index in [1.165, 1.54) is 24.1 Å². The van der Waals surface area contributed by atoms with Crippen molar-refractivity contribution in [2.75, 3.05) is 5.32 Å². The largest absolute Gasteiger partial charge is 0.491 e. The Balaban J connectivity index is 1.99. The molecule has 0 unspecified atom stereocenters. The minimum Gasteiger partial charge on any atom is -0.491 e. The van der Waals surface area contributed by atoms with E-state index in [1.54, 1.807) is 0 Å². The van der Waals surface area contributed by atoms with Crippen LogP contribution in [-0.2, 0) is 0 Å². The average Bonchev–Trinajstić information content (AvgIpc) is 2.18. The van der Waals surface area contributed by atoms with Gasteiger partial charge in [-0.15, -0.1) is 0 Å². The maximum atomic E-state index is 5.68. The summed E-state index contributed by atoms with van der Waals surface area (Å²) in [7, 11) is 0. The van der Waals surface area contributed by atoms with Gasteiger partial charge in [0.25, 0.3) is 0 Å². The molecule has 0 atom stereocenters. The summed E-state index contributed by atoms with van der Waals surface area (Å²) >= 11 is 0. The number of hydrogen-bond acceptors (Lipinski definition) is 2. The highest BCUT2D eigenvalue weighted by Gasteiger charge is 2.25. The summed E-state index contributed by atoms with van der Waals surface area (Å²) in [6.07, 6.45) is 2.83. The van der Waals surface area contributed by atoms with Gasteiger partial charge in [0.05, 0.1) is 6.10 Å². The summed E-state index contributed by atoms with van der Waals surface area (Å²) in [5.41, 5.74) is 2.51.